The van der Waals surface area contributed by atoms with Crippen molar-refractivity contribution >= 4 is 22.5 Å². The number of hydrogen-bond donors (Lipinski definition) is 2. The summed E-state index contributed by atoms with van der Waals surface area (Å²) in [7, 11) is 0. The van der Waals surface area contributed by atoms with E-state index in [2.05, 4.69) is 20.3 Å². The first-order valence-corrected chi connectivity index (χ1v) is 5.25. The highest BCUT2D eigenvalue weighted by Gasteiger charge is 2.11. The minimum atomic E-state index is -0.669. The number of para-hydroxylation sites is 1. The summed E-state index contributed by atoms with van der Waals surface area (Å²) in [5.41, 5.74) is 0.378. The van der Waals surface area contributed by atoms with Gasteiger partial charge in [0.25, 0.3) is 0 Å². The van der Waals surface area contributed by atoms with Crippen LogP contribution >= 0.6 is 0 Å². The van der Waals surface area contributed by atoms with Crippen molar-refractivity contribution in [2.24, 2.45) is 0 Å². The van der Waals surface area contributed by atoms with E-state index in [-0.39, 0.29) is 5.69 Å². The monoisotopic (exact) mass is 246 g/mol. The van der Waals surface area contributed by atoms with E-state index in [4.69, 9.17) is 0 Å². The maximum absolute atomic E-state index is 13.5. The van der Waals surface area contributed by atoms with Crippen molar-refractivity contribution in [3.8, 4) is 0 Å². The molecular formula is C12H8F2N4. The van der Waals surface area contributed by atoms with E-state index in [1.54, 1.807) is 12.3 Å². The molecule has 0 radical (unpaired) electrons. The Bertz CT molecular complexity index is 688. The van der Waals surface area contributed by atoms with Gasteiger partial charge in [0.15, 0.2) is 0 Å². The van der Waals surface area contributed by atoms with Gasteiger partial charge in [-0.15, -0.1) is 0 Å². The Balaban J connectivity index is 2.09. The van der Waals surface area contributed by atoms with Gasteiger partial charge >= 0.3 is 0 Å². The summed E-state index contributed by atoms with van der Waals surface area (Å²) in [6.07, 6.45) is 3.00. The Hall–Kier alpha value is -2.50. The molecule has 3 aromatic rings. The van der Waals surface area contributed by atoms with Crippen molar-refractivity contribution in [1.82, 2.24) is 15.0 Å². The van der Waals surface area contributed by atoms with Crippen LogP contribution in [0.5, 0.6) is 0 Å². The van der Waals surface area contributed by atoms with Gasteiger partial charge in [0, 0.05) is 6.20 Å². The Morgan fingerprint density at radius 3 is 2.61 bits per heavy atom. The number of halogens is 2. The number of aromatic amines is 1. The largest absolute Gasteiger partial charge is 0.346 e. The summed E-state index contributed by atoms with van der Waals surface area (Å²) < 4.78 is 27.0. The molecule has 0 amide bonds. The number of hydrogen-bond acceptors (Lipinski definition) is 3. The van der Waals surface area contributed by atoms with Gasteiger partial charge in [-0.25, -0.2) is 18.7 Å². The lowest BCUT2D eigenvalue weighted by atomic mass is 10.2. The molecule has 4 nitrogen and oxygen atoms in total. The quantitative estimate of drug-likeness (QED) is 0.730. The highest BCUT2D eigenvalue weighted by atomic mass is 19.1. The number of aromatic nitrogens is 3. The lowest BCUT2D eigenvalue weighted by Gasteiger charge is -2.08. The van der Waals surface area contributed by atoms with Crippen molar-refractivity contribution in [2.45, 2.75) is 0 Å². The van der Waals surface area contributed by atoms with Crippen LogP contribution in [0.15, 0.2) is 36.8 Å². The Morgan fingerprint density at radius 1 is 1.06 bits per heavy atom. The van der Waals surface area contributed by atoms with Crippen molar-refractivity contribution in [1.29, 1.82) is 0 Å². The molecule has 0 aliphatic carbocycles. The Morgan fingerprint density at radius 2 is 1.83 bits per heavy atom. The number of nitrogens with one attached hydrogen (secondary N) is 2. The third-order valence-electron chi connectivity index (χ3n) is 2.56. The molecule has 18 heavy (non-hydrogen) atoms. The van der Waals surface area contributed by atoms with Crippen molar-refractivity contribution in [2.75, 3.05) is 5.32 Å². The van der Waals surface area contributed by atoms with Crippen LogP contribution in [0, 0.1) is 11.6 Å². The predicted molar refractivity (Wildman–Crippen MR) is 63.5 cm³/mol. The van der Waals surface area contributed by atoms with E-state index in [0.717, 1.165) is 0 Å². The van der Waals surface area contributed by atoms with E-state index in [1.807, 2.05) is 0 Å². The molecule has 0 spiro atoms. The van der Waals surface area contributed by atoms with E-state index >= 15 is 0 Å². The smallest absolute Gasteiger partial charge is 0.149 e. The molecule has 2 heterocycles. The lowest BCUT2D eigenvalue weighted by molar-refractivity contribution is 0.590. The first-order chi connectivity index (χ1) is 8.75. The number of nitrogens with zero attached hydrogens (tertiary/aromatic N) is 2. The zero-order valence-corrected chi connectivity index (χ0v) is 9.11. The van der Waals surface area contributed by atoms with E-state index in [0.29, 0.717) is 16.9 Å². The number of anilines is 2. The maximum Gasteiger partial charge on any atom is 0.149 e. The lowest BCUT2D eigenvalue weighted by Crippen LogP contribution is -2.00. The normalized spacial score (nSPS) is 10.8. The van der Waals surface area contributed by atoms with E-state index < -0.39 is 11.6 Å². The molecule has 1 aromatic carbocycles. The number of H-pyrrole nitrogens is 1. The van der Waals surface area contributed by atoms with Gasteiger partial charge in [-0.05, 0) is 18.2 Å². The molecule has 2 N–H and O–H groups in total. The van der Waals surface area contributed by atoms with Crippen LogP contribution in [0.1, 0.15) is 0 Å². The zero-order chi connectivity index (χ0) is 12.5. The topological polar surface area (TPSA) is 53.6 Å². The molecule has 90 valence electrons. The minimum Gasteiger partial charge on any atom is -0.346 e. The Labute approximate surface area is 101 Å². The zero-order valence-electron chi connectivity index (χ0n) is 9.11. The fourth-order valence-electron chi connectivity index (χ4n) is 1.71. The van der Waals surface area contributed by atoms with Crippen LogP contribution in [0.25, 0.3) is 11.0 Å². The summed E-state index contributed by atoms with van der Waals surface area (Å²) >= 11 is 0. The molecule has 0 aliphatic heterocycles. The minimum absolute atomic E-state index is 0.223. The maximum atomic E-state index is 13.5. The first-order valence-electron chi connectivity index (χ1n) is 5.25. The molecule has 0 saturated heterocycles. The summed E-state index contributed by atoms with van der Waals surface area (Å²) in [6.45, 7) is 0. The number of fused-ring (bicyclic) bond motifs is 1. The van der Waals surface area contributed by atoms with Gasteiger partial charge in [-0.2, -0.15) is 0 Å². The average Bonchev–Trinajstić information content (AvgIpc) is 2.83. The van der Waals surface area contributed by atoms with Gasteiger partial charge in [-0.1, -0.05) is 6.07 Å². The second-order valence-corrected chi connectivity index (χ2v) is 3.68. The summed E-state index contributed by atoms with van der Waals surface area (Å²) in [5, 5.41) is 3.32. The molecule has 0 bridgehead atoms. The van der Waals surface area contributed by atoms with Gasteiger partial charge in [0.2, 0.25) is 0 Å². The van der Waals surface area contributed by atoms with Gasteiger partial charge in [-0.3, -0.25) is 0 Å². The van der Waals surface area contributed by atoms with Gasteiger partial charge in [0.05, 0.1) is 5.39 Å². The average molecular weight is 246 g/mol. The van der Waals surface area contributed by atoms with Crippen LogP contribution in [0.4, 0.5) is 20.3 Å². The van der Waals surface area contributed by atoms with Crippen LogP contribution < -0.4 is 5.32 Å². The Kier molecular flexibility index (Phi) is 2.40. The fraction of sp³-hybridized carbons (Fsp3) is 0. The van der Waals surface area contributed by atoms with Gasteiger partial charge in [0.1, 0.15) is 35.1 Å². The molecule has 0 atom stereocenters. The molecule has 0 unspecified atom stereocenters. The molecule has 2 aromatic heterocycles. The SMILES string of the molecule is Fc1cccc(F)c1Nc1ncnc2[nH]ccc12. The van der Waals surface area contributed by atoms with E-state index in [1.165, 1.54) is 24.5 Å². The molecule has 0 aliphatic rings. The van der Waals surface area contributed by atoms with Crippen LogP contribution in [0.2, 0.25) is 0 Å². The molecule has 3 rings (SSSR count). The van der Waals surface area contributed by atoms with Crippen LogP contribution in [0.3, 0.4) is 0 Å². The molecule has 0 fully saturated rings. The standard InChI is InChI=1S/C12H8F2N4/c13-8-2-1-3-9(14)10(8)18-12-7-4-5-15-11(7)16-6-17-12/h1-6H,(H2,15,16,17,18). The summed E-state index contributed by atoms with van der Waals surface area (Å²) in [6, 6.07) is 5.40. The number of benzene rings is 1. The second kappa shape index (κ2) is 4.06. The van der Waals surface area contributed by atoms with E-state index in [9.17, 15) is 8.78 Å². The number of rotatable bonds is 2. The molecular weight excluding hydrogens is 238 g/mol. The fourth-order valence-corrected chi connectivity index (χ4v) is 1.71. The molecule has 0 saturated carbocycles. The van der Waals surface area contributed by atoms with Crippen LogP contribution in [-0.4, -0.2) is 15.0 Å². The summed E-state index contributed by atoms with van der Waals surface area (Å²) in [5.74, 6) is -0.986. The van der Waals surface area contributed by atoms with Crippen molar-refractivity contribution < 1.29 is 8.78 Å². The van der Waals surface area contributed by atoms with Crippen LogP contribution in [-0.2, 0) is 0 Å². The van der Waals surface area contributed by atoms with Crippen molar-refractivity contribution in [3.05, 3.63) is 48.4 Å². The molecule has 6 heteroatoms. The third-order valence-corrected chi connectivity index (χ3v) is 2.56. The summed E-state index contributed by atoms with van der Waals surface area (Å²) in [4.78, 5) is 10.9. The van der Waals surface area contributed by atoms with Gasteiger partial charge < -0.3 is 10.3 Å². The highest BCUT2D eigenvalue weighted by Crippen LogP contribution is 2.25. The highest BCUT2D eigenvalue weighted by molar-refractivity contribution is 5.88. The van der Waals surface area contributed by atoms with Crippen molar-refractivity contribution in [3.63, 3.8) is 0 Å². The first kappa shape index (κ1) is 10.6. The predicted octanol–water partition coefficient (Wildman–Crippen LogP) is 2.98. The second-order valence-electron chi connectivity index (χ2n) is 3.68. The third kappa shape index (κ3) is 1.67.